The Balaban J connectivity index is 2.34. The highest BCUT2D eigenvalue weighted by molar-refractivity contribution is 7.80. The SMILES string of the molecule is CC(C)CN(CCC(C)CCS)C1CCCC1. The van der Waals surface area contributed by atoms with E-state index in [9.17, 15) is 0 Å². The van der Waals surface area contributed by atoms with Crippen LogP contribution in [0.15, 0.2) is 0 Å². The Labute approximate surface area is 114 Å². The smallest absolute Gasteiger partial charge is 0.00953 e. The van der Waals surface area contributed by atoms with Crippen LogP contribution in [0.1, 0.15) is 59.3 Å². The molecule has 1 nitrogen and oxygen atoms in total. The Morgan fingerprint density at radius 1 is 1.12 bits per heavy atom. The van der Waals surface area contributed by atoms with Crippen LogP contribution in [0.25, 0.3) is 0 Å². The third-order valence-electron chi connectivity index (χ3n) is 3.97. The fourth-order valence-electron chi connectivity index (χ4n) is 2.91. The van der Waals surface area contributed by atoms with E-state index in [-0.39, 0.29) is 0 Å². The summed E-state index contributed by atoms with van der Waals surface area (Å²) in [4.78, 5) is 2.77. The van der Waals surface area contributed by atoms with Crippen molar-refractivity contribution in [3.8, 4) is 0 Å². The Morgan fingerprint density at radius 3 is 2.29 bits per heavy atom. The predicted octanol–water partition coefficient (Wildman–Crippen LogP) is 4.23. The van der Waals surface area contributed by atoms with Crippen LogP contribution in [0.4, 0.5) is 0 Å². The molecule has 17 heavy (non-hydrogen) atoms. The van der Waals surface area contributed by atoms with E-state index in [0.717, 1.165) is 23.6 Å². The molecule has 0 aliphatic heterocycles. The van der Waals surface area contributed by atoms with Crippen LogP contribution in [0.3, 0.4) is 0 Å². The van der Waals surface area contributed by atoms with Crippen molar-refractivity contribution in [2.75, 3.05) is 18.8 Å². The Morgan fingerprint density at radius 2 is 1.76 bits per heavy atom. The molecule has 0 aromatic rings. The molecule has 0 saturated heterocycles. The van der Waals surface area contributed by atoms with Crippen LogP contribution in [0.5, 0.6) is 0 Å². The summed E-state index contributed by atoms with van der Waals surface area (Å²) >= 11 is 4.33. The second-order valence-electron chi connectivity index (χ2n) is 6.23. The van der Waals surface area contributed by atoms with E-state index in [0.29, 0.717) is 0 Å². The van der Waals surface area contributed by atoms with Crippen molar-refractivity contribution >= 4 is 12.6 Å². The fourth-order valence-corrected chi connectivity index (χ4v) is 3.35. The number of rotatable bonds is 8. The number of thiol groups is 1. The van der Waals surface area contributed by atoms with Crippen molar-refractivity contribution in [1.29, 1.82) is 0 Å². The molecule has 0 aromatic heterocycles. The third kappa shape index (κ3) is 6.15. The average molecular weight is 257 g/mol. The van der Waals surface area contributed by atoms with Gasteiger partial charge in [0.05, 0.1) is 0 Å². The van der Waals surface area contributed by atoms with Crippen molar-refractivity contribution in [1.82, 2.24) is 4.90 Å². The van der Waals surface area contributed by atoms with Gasteiger partial charge in [-0.25, -0.2) is 0 Å². The fraction of sp³-hybridized carbons (Fsp3) is 1.00. The maximum atomic E-state index is 4.33. The molecule has 1 aliphatic rings. The van der Waals surface area contributed by atoms with Gasteiger partial charge in [-0.3, -0.25) is 0 Å². The molecule has 0 spiro atoms. The minimum Gasteiger partial charge on any atom is -0.300 e. The summed E-state index contributed by atoms with van der Waals surface area (Å²) < 4.78 is 0. The van der Waals surface area contributed by atoms with Gasteiger partial charge in [0.15, 0.2) is 0 Å². The van der Waals surface area contributed by atoms with Crippen LogP contribution >= 0.6 is 12.6 Å². The molecule has 1 fully saturated rings. The quantitative estimate of drug-likeness (QED) is 0.637. The highest BCUT2D eigenvalue weighted by Gasteiger charge is 2.23. The Bertz CT molecular complexity index is 187. The lowest BCUT2D eigenvalue weighted by atomic mass is 10.0. The van der Waals surface area contributed by atoms with Crippen molar-refractivity contribution in [3.63, 3.8) is 0 Å². The lowest BCUT2D eigenvalue weighted by molar-refractivity contribution is 0.166. The van der Waals surface area contributed by atoms with E-state index in [1.807, 2.05) is 0 Å². The molecule has 0 radical (unpaired) electrons. The number of nitrogens with zero attached hydrogens (tertiary/aromatic N) is 1. The molecule has 1 atom stereocenters. The zero-order chi connectivity index (χ0) is 12.7. The van der Waals surface area contributed by atoms with Crippen molar-refractivity contribution in [2.24, 2.45) is 11.8 Å². The van der Waals surface area contributed by atoms with E-state index >= 15 is 0 Å². The van der Waals surface area contributed by atoms with Gasteiger partial charge in [0.1, 0.15) is 0 Å². The van der Waals surface area contributed by atoms with Gasteiger partial charge in [-0.15, -0.1) is 0 Å². The molecule has 0 bridgehead atoms. The minimum atomic E-state index is 0.802. The van der Waals surface area contributed by atoms with Crippen molar-refractivity contribution < 1.29 is 0 Å². The van der Waals surface area contributed by atoms with Crippen LogP contribution in [-0.2, 0) is 0 Å². The van der Waals surface area contributed by atoms with Gasteiger partial charge in [0.2, 0.25) is 0 Å². The molecule has 102 valence electrons. The first-order chi connectivity index (χ1) is 8.13. The second kappa shape index (κ2) is 8.42. The zero-order valence-corrected chi connectivity index (χ0v) is 12.9. The van der Waals surface area contributed by atoms with Crippen molar-refractivity contribution in [2.45, 2.75) is 65.3 Å². The molecule has 0 heterocycles. The number of hydrogen-bond donors (Lipinski definition) is 1. The van der Waals surface area contributed by atoms with Gasteiger partial charge in [0.25, 0.3) is 0 Å². The molecule has 0 amide bonds. The molecule has 0 aromatic carbocycles. The summed E-state index contributed by atoms with van der Waals surface area (Å²) in [6.07, 6.45) is 8.39. The lowest BCUT2D eigenvalue weighted by Gasteiger charge is -2.31. The molecular weight excluding hydrogens is 226 g/mol. The Hall–Kier alpha value is 0.310. The lowest BCUT2D eigenvalue weighted by Crippen LogP contribution is -2.37. The third-order valence-corrected chi connectivity index (χ3v) is 4.23. The molecule has 1 saturated carbocycles. The van der Waals surface area contributed by atoms with Crippen molar-refractivity contribution in [3.05, 3.63) is 0 Å². The van der Waals surface area contributed by atoms with E-state index in [1.54, 1.807) is 0 Å². The number of hydrogen-bond acceptors (Lipinski definition) is 2. The first kappa shape index (κ1) is 15.4. The van der Waals surface area contributed by atoms with Gasteiger partial charge < -0.3 is 4.90 Å². The molecule has 1 rings (SSSR count). The van der Waals surface area contributed by atoms with Crippen LogP contribution < -0.4 is 0 Å². The van der Waals surface area contributed by atoms with Gasteiger partial charge in [0, 0.05) is 12.6 Å². The van der Waals surface area contributed by atoms with Crippen LogP contribution in [-0.4, -0.2) is 29.8 Å². The first-order valence-corrected chi connectivity index (χ1v) is 8.11. The molecular formula is C15H31NS. The molecule has 0 N–H and O–H groups in total. The molecule has 2 heteroatoms. The maximum absolute atomic E-state index is 4.33. The Kier molecular flexibility index (Phi) is 7.61. The zero-order valence-electron chi connectivity index (χ0n) is 12.0. The second-order valence-corrected chi connectivity index (χ2v) is 6.68. The van der Waals surface area contributed by atoms with Gasteiger partial charge >= 0.3 is 0 Å². The predicted molar refractivity (Wildman–Crippen MR) is 80.9 cm³/mol. The van der Waals surface area contributed by atoms with E-state index in [4.69, 9.17) is 0 Å². The van der Waals surface area contributed by atoms with Gasteiger partial charge in [-0.2, -0.15) is 12.6 Å². The largest absolute Gasteiger partial charge is 0.300 e. The average Bonchev–Trinajstić information content (AvgIpc) is 2.77. The monoisotopic (exact) mass is 257 g/mol. The van der Waals surface area contributed by atoms with Gasteiger partial charge in [-0.1, -0.05) is 33.6 Å². The van der Waals surface area contributed by atoms with E-state index in [1.165, 1.54) is 51.6 Å². The van der Waals surface area contributed by atoms with Crippen LogP contribution in [0, 0.1) is 11.8 Å². The van der Waals surface area contributed by atoms with E-state index < -0.39 is 0 Å². The first-order valence-electron chi connectivity index (χ1n) is 7.48. The summed E-state index contributed by atoms with van der Waals surface area (Å²) in [5.74, 6) is 2.67. The summed E-state index contributed by atoms with van der Waals surface area (Å²) in [6.45, 7) is 9.66. The summed E-state index contributed by atoms with van der Waals surface area (Å²) in [5, 5.41) is 0. The highest BCUT2D eigenvalue weighted by atomic mass is 32.1. The topological polar surface area (TPSA) is 3.24 Å². The minimum absolute atomic E-state index is 0.802. The van der Waals surface area contributed by atoms with Crippen LogP contribution in [0.2, 0.25) is 0 Å². The summed E-state index contributed by atoms with van der Waals surface area (Å²) in [7, 11) is 0. The summed E-state index contributed by atoms with van der Waals surface area (Å²) in [5.41, 5.74) is 0. The highest BCUT2D eigenvalue weighted by Crippen LogP contribution is 2.25. The van der Waals surface area contributed by atoms with Gasteiger partial charge in [-0.05, 0) is 49.8 Å². The summed E-state index contributed by atoms with van der Waals surface area (Å²) in [6, 6.07) is 0.889. The maximum Gasteiger partial charge on any atom is 0.00953 e. The van der Waals surface area contributed by atoms with E-state index in [2.05, 4.69) is 38.3 Å². The molecule has 1 aliphatic carbocycles. The normalized spacial score (nSPS) is 19.4. The molecule has 1 unspecified atom stereocenters. The standard InChI is InChI=1S/C15H31NS/c1-13(2)12-16(15-6-4-5-7-15)10-8-14(3)9-11-17/h13-15,17H,4-12H2,1-3H3.